The predicted octanol–water partition coefficient (Wildman–Crippen LogP) is -1.61. The fourth-order valence-electron chi connectivity index (χ4n) is 1.74. The van der Waals surface area contributed by atoms with Gasteiger partial charge in [0.2, 0.25) is 5.91 Å². The van der Waals surface area contributed by atoms with Crippen LogP contribution in [0.1, 0.15) is 6.92 Å². The summed E-state index contributed by atoms with van der Waals surface area (Å²) >= 11 is 0. The van der Waals surface area contributed by atoms with Crippen LogP contribution in [-0.4, -0.2) is 54.7 Å². The lowest BCUT2D eigenvalue weighted by Gasteiger charge is -2.23. The van der Waals surface area contributed by atoms with Crippen molar-refractivity contribution in [2.45, 2.75) is 6.92 Å². The molecule has 0 radical (unpaired) electrons. The summed E-state index contributed by atoms with van der Waals surface area (Å²) in [7, 11) is 4.79. The zero-order chi connectivity index (χ0) is 14.7. The minimum atomic E-state index is -0.803. The molecule has 0 aromatic rings. The third-order valence-corrected chi connectivity index (χ3v) is 2.76. The Bertz CT molecular complexity index is 493. The third-order valence-electron chi connectivity index (χ3n) is 2.76. The van der Waals surface area contributed by atoms with Crippen LogP contribution in [0.25, 0.3) is 0 Å². The Balaban J connectivity index is 3.13. The Morgan fingerprint density at radius 1 is 1.42 bits per heavy atom. The highest BCUT2D eigenvalue weighted by Gasteiger charge is 2.36. The number of nitrogens with two attached hydrogens (primary N) is 1. The van der Waals surface area contributed by atoms with Crippen molar-refractivity contribution in [2.75, 3.05) is 21.1 Å². The highest BCUT2D eigenvalue weighted by Crippen LogP contribution is 2.18. The van der Waals surface area contributed by atoms with Gasteiger partial charge in [-0.3, -0.25) is 15.6 Å². The van der Waals surface area contributed by atoms with E-state index in [1.54, 1.807) is 28.1 Å². The van der Waals surface area contributed by atoms with Gasteiger partial charge in [-0.1, -0.05) is 0 Å². The molecule has 1 heterocycles. The Labute approximate surface area is 110 Å². The van der Waals surface area contributed by atoms with Crippen LogP contribution < -0.4 is 16.6 Å². The van der Waals surface area contributed by atoms with Crippen molar-refractivity contribution in [3.05, 3.63) is 11.3 Å². The molecule has 1 aliphatic rings. The maximum absolute atomic E-state index is 12.1. The Morgan fingerprint density at radius 2 is 2.00 bits per heavy atom. The first kappa shape index (κ1) is 14.7. The van der Waals surface area contributed by atoms with E-state index in [1.165, 1.54) is 15.7 Å². The SMILES string of the molecule is CC1=C(NNC(N)=O)C(C(=O)N(C)C)C=[N+](C)C1=O. The number of likely N-dealkylation sites (N-methyl/N-ethyl adjacent to an activating group) is 1. The molecule has 4 N–H and O–H groups in total. The molecule has 4 amide bonds. The molecule has 0 bridgehead atoms. The van der Waals surface area contributed by atoms with E-state index < -0.39 is 11.9 Å². The Hall–Kier alpha value is -2.38. The van der Waals surface area contributed by atoms with Gasteiger partial charge in [-0.2, -0.15) is 4.58 Å². The number of hydrogen-bond donors (Lipinski definition) is 3. The van der Waals surface area contributed by atoms with Crippen LogP contribution in [0, 0.1) is 5.92 Å². The van der Waals surface area contributed by atoms with Gasteiger partial charge in [0.05, 0.1) is 11.3 Å². The van der Waals surface area contributed by atoms with Crippen LogP contribution in [0.3, 0.4) is 0 Å². The Kier molecular flexibility index (Phi) is 4.26. The summed E-state index contributed by atoms with van der Waals surface area (Å²) in [4.78, 5) is 36.1. The summed E-state index contributed by atoms with van der Waals surface area (Å²) in [5.41, 5.74) is 10.3. The van der Waals surface area contributed by atoms with Crippen molar-refractivity contribution in [2.24, 2.45) is 11.7 Å². The van der Waals surface area contributed by atoms with E-state index in [0.29, 0.717) is 11.3 Å². The quantitative estimate of drug-likeness (QED) is 0.423. The van der Waals surface area contributed by atoms with Crippen molar-refractivity contribution in [3.8, 4) is 0 Å². The zero-order valence-corrected chi connectivity index (χ0v) is 11.4. The van der Waals surface area contributed by atoms with Crippen LogP contribution in [-0.2, 0) is 9.59 Å². The minimum absolute atomic E-state index is 0.215. The molecule has 1 aliphatic heterocycles. The summed E-state index contributed by atoms with van der Waals surface area (Å²) in [6.07, 6.45) is 1.49. The van der Waals surface area contributed by atoms with Crippen molar-refractivity contribution in [1.29, 1.82) is 0 Å². The molecule has 104 valence electrons. The number of rotatable bonds is 3. The number of urea groups is 1. The molecular formula is C11H18N5O3+. The molecule has 0 saturated heterocycles. The largest absolute Gasteiger partial charge is 0.416 e. The Morgan fingerprint density at radius 3 is 2.47 bits per heavy atom. The summed E-state index contributed by atoms with van der Waals surface area (Å²) in [5, 5.41) is 0. The second-order valence-corrected chi connectivity index (χ2v) is 4.43. The number of amides is 4. The zero-order valence-electron chi connectivity index (χ0n) is 11.4. The van der Waals surface area contributed by atoms with Gasteiger partial charge in [0.25, 0.3) is 0 Å². The number of primary amides is 1. The van der Waals surface area contributed by atoms with Gasteiger partial charge in [-0.25, -0.2) is 9.59 Å². The predicted molar refractivity (Wildman–Crippen MR) is 68.0 cm³/mol. The highest BCUT2D eigenvalue weighted by atomic mass is 16.2. The van der Waals surface area contributed by atoms with Crippen LogP contribution in [0.15, 0.2) is 11.3 Å². The van der Waals surface area contributed by atoms with Gasteiger partial charge in [-0.05, 0) is 6.92 Å². The number of carbonyl (C=O) groups is 3. The molecule has 0 saturated carbocycles. The van der Waals surface area contributed by atoms with Crippen molar-refractivity contribution in [1.82, 2.24) is 15.8 Å². The second kappa shape index (κ2) is 5.51. The first-order valence-corrected chi connectivity index (χ1v) is 5.61. The van der Waals surface area contributed by atoms with E-state index in [9.17, 15) is 14.4 Å². The molecule has 19 heavy (non-hydrogen) atoms. The summed E-state index contributed by atoms with van der Waals surface area (Å²) < 4.78 is 1.34. The molecule has 0 aromatic heterocycles. The number of carbonyl (C=O) groups excluding carboxylic acids is 3. The van der Waals surface area contributed by atoms with E-state index in [1.807, 2.05) is 0 Å². The van der Waals surface area contributed by atoms with Gasteiger partial charge in [0.15, 0.2) is 12.1 Å². The fourth-order valence-corrected chi connectivity index (χ4v) is 1.74. The normalized spacial score (nSPS) is 18.8. The van der Waals surface area contributed by atoms with Crippen LogP contribution in [0.4, 0.5) is 4.79 Å². The molecule has 0 aliphatic carbocycles. The topological polar surface area (TPSA) is 108 Å². The lowest BCUT2D eigenvalue weighted by molar-refractivity contribution is -0.412. The number of hydrazine groups is 1. The molecule has 8 nitrogen and oxygen atoms in total. The minimum Gasteiger partial charge on any atom is -0.350 e. The molecule has 8 heteroatoms. The van der Waals surface area contributed by atoms with Crippen molar-refractivity contribution < 1.29 is 19.0 Å². The average molecular weight is 268 g/mol. The second-order valence-electron chi connectivity index (χ2n) is 4.43. The van der Waals surface area contributed by atoms with E-state index in [2.05, 4.69) is 10.9 Å². The summed E-state index contributed by atoms with van der Waals surface area (Å²) in [5.74, 6) is -1.14. The van der Waals surface area contributed by atoms with Gasteiger partial charge >= 0.3 is 11.9 Å². The van der Waals surface area contributed by atoms with E-state index in [-0.39, 0.29) is 11.8 Å². The molecule has 0 aromatic carbocycles. The average Bonchev–Trinajstić information content (AvgIpc) is 2.33. The highest BCUT2D eigenvalue weighted by molar-refractivity contribution is 6.02. The number of nitrogens with one attached hydrogen (secondary N) is 2. The molecule has 1 rings (SSSR count). The molecule has 0 spiro atoms. The van der Waals surface area contributed by atoms with E-state index >= 15 is 0 Å². The third kappa shape index (κ3) is 3.09. The summed E-state index contributed by atoms with van der Waals surface area (Å²) in [6.45, 7) is 1.58. The van der Waals surface area contributed by atoms with Gasteiger partial charge < -0.3 is 10.6 Å². The van der Waals surface area contributed by atoms with Crippen molar-refractivity contribution in [3.63, 3.8) is 0 Å². The van der Waals surface area contributed by atoms with E-state index in [0.717, 1.165) is 0 Å². The monoisotopic (exact) mass is 268 g/mol. The lowest BCUT2D eigenvalue weighted by Crippen LogP contribution is -2.48. The molecule has 1 atom stereocenters. The first-order valence-electron chi connectivity index (χ1n) is 5.61. The van der Waals surface area contributed by atoms with E-state index in [4.69, 9.17) is 5.73 Å². The van der Waals surface area contributed by atoms with Crippen LogP contribution in [0.5, 0.6) is 0 Å². The van der Waals surface area contributed by atoms with Gasteiger partial charge in [0.1, 0.15) is 7.05 Å². The smallest absolute Gasteiger partial charge is 0.350 e. The first-order chi connectivity index (χ1) is 8.75. The fraction of sp³-hybridized carbons (Fsp3) is 0.455. The molecule has 1 unspecified atom stereocenters. The lowest BCUT2D eigenvalue weighted by atomic mass is 9.97. The number of nitrogens with zero attached hydrogens (tertiary/aromatic N) is 2. The standard InChI is InChI=1S/C11H17N5O3/c1-6-8(13-14-11(12)19)7(10(18)15(2)3)5-16(4)9(6)17/h5,7H,1-4H3,(H3-,12,13,14,17,19)/p+1. The number of hydrogen-bond acceptors (Lipinski definition) is 4. The molecule has 0 fully saturated rings. The van der Waals surface area contributed by atoms with Crippen molar-refractivity contribution >= 4 is 24.1 Å². The molecular weight excluding hydrogens is 250 g/mol. The maximum Gasteiger partial charge on any atom is 0.416 e. The van der Waals surface area contributed by atoms with Crippen LogP contribution >= 0.6 is 0 Å². The van der Waals surface area contributed by atoms with Gasteiger partial charge in [0, 0.05) is 14.1 Å². The summed E-state index contributed by atoms with van der Waals surface area (Å²) in [6, 6.07) is -0.803. The van der Waals surface area contributed by atoms with Crippen LogP contribution in [0.2, 0.25) is 0 Å². The van der Waals surface area contributed by atoms with Gasteiger partial charge in [-0.15, -0.1) is 0 Å². The maximum atomic E-state index is 12.1.